The van der Waals surface area contributed by atoms with Gasteiger partial charge in [-0.25, -0.2) is 0 Å². The smallest absolute Gasteiger partial charge is 0.136 e. The molecule has 1 aromatic heterocycles. The average Bonchev–Trinajstić information content (AvgIpc) is 3.67. The molecule has 1 heteroatoms. The minimum Gasteiger partial charge on any atom is -0.456 e. The molecule has 0 unspecified atom stereocenters. The standard InChI is InChI=1S/C50H30O/c1-2-13-31(14-3-1)34-25-26-37-43(27-34)36-18-7-6-17-35(36)29-44(37)49-40-21-10-8-19-38(40)48(39-20-9-11-22-41(39)49)42-23-12-24-46-50(42)45-28-32-15-4-5-16-33(32)30-47(45)51-46/h1-30H/i1D,2D,3D,6D,7D,13D,14D,17D,18D,25D,26D,27D,29D. The summed E-state index contributed by atoms with van der Waals surface area (Å²) < 4.78 is 124. The van der Waals surface area contributed by atoms with Crippen LogP contribution in [0.4, 0.5) is 0 Å². The monoisotopic (exact) mass is 659 g/mol. The van der Waals surface area contributed by atoms with Crippen molar-refractivity contribution < 1.29 is 22.2 Å². The largest absolute Gasteiger partial charge is 0.456 e. The van der Waals surface area contributed by atoms with Crippen molar-refractivity contribution in [3.8, 4) is 33.4 Å². The molecular weight excluding hydrogens is 617 g/mol. The maximum absolute atomic E-state index is 9.98. The zero-order valence-corrected chi connectivity index (χ0v) is 26.7. The van der Waals surface area contributed by atoms with Crippen molar-refractivity contribution in [1.82, 2.24) is 0 Å². The van der Waals surface area contributed by atoms with E-state index in [0.717, 1.165) is 49.0 Å². The van der Waals surface area contributed by atoms with E-state index in [1.54, 1.807) is 0 Å². The summed E-state index contributed by atoms with van der Waals surface area (Å²) in [6.07, 6.45) is 0. The highest BCUT2D eigenvalue weighted by Crippen LogP contribution is 2.49. The van der Waals surface area contributed by atoms with E-state index in [1.807, 2.05) is 91.0 Å². The third-order valence-corrected chi connectivity index (χ3v) is 9.81. The molecule has 51 heavy (non-hydrogen) atoms. The summed E-state index contributed by atoms with van der Waals surface area (Å²) in [4.78, 5) is 0. The lowest BCUT2D eigenvalue weighted by molar-refractivity contribution is 0.669. The fourth-order valence-corrected chi connectivity index (χ4v) is 7.66. The van der Waals surface area contributed by atoms with Crippen LogP contribution < -0.4 is 0 Å². The Morgan fingerprint density at radius 1 is 0.373 bits per heavy atom. The molecular formula is C50H30O. The Morgan fingerprint density at radius 3 is 1.76 bits per heavy atom. The molecule has 0 amide bonds. The minimum absolute atomic E-state index is 0.0459. The molecule has 0 fully saturated rings. The van der Waals surface area contributed by atoms with Gasteiger partial charge in [-0.2, -0.15) is 0 Å². The predicted molar refractivity (Wildman–Crippen MR) is 218 cm³/mol. The van der Waals surface area contributed by atoms with E-state index < -0.39 is 83.6 Å². The van der Waals surface area contributed by atoms with E-state index in [0.29, 0.717) is 21.9 Å². The quantitative estimate of drug-likeness (QED) is 0.136. The SMILES string of the molecule is [2H]c1c([2H])c([2H])c(-c2c([2H])c([2H])c3c(-c4c5ccccc5c(-c5cccc6oc7cc8ccccc8cc7c56)c5ccccc45)c([2H])c4c([2H])c([2H])c([2H])c([2H])c4c3c2[2H])c([2H])c1[2H]. The van der Waals surface area contributed by atoms with Gasteiger partial charge in [0.05, 0.1) is 17.8 Å². The Morgan fingerprint density at radius 2 is 1.02 bits per heavy atom. The van der Waals surface area contributed by atoms with Crippen LogP contribution in [-0.2, 0) is 0 Å². The van der Waals surface area contributed by atoms with Crippen LogP contribution in [0.3, 0.4) is 0 Å². The molecule has 0 aliphatic rings. The molecule has 236 valence electrons. The first-order valence-corrected chi connectivity index (χ1v) is 16.5. The normalized spacial score (nSPS) is 15.5. The Labute approximate surface area is 312 Å². The van der Waals surface area contributed by atoms with Crippen molar-refractivity contribution in [3.05, 3.63) is 182 Å². The van der Waals surface area contributed by atoms with Crippen molar-refractivity contribution in [2.24, 2.45) is 0 Å². The second kappa shape index (κ2) is 10.9. The molecule has 0 spiro atoms. The first-order chi connectivity index (χ1) is 30.7. The topological polar surface area (TPSA) is 13.1 Å². The number of furan rings is 1. The Balaban J connectivity index is 1.35. The van der Waals surface area contributed by atoms with Crippen molar-refractivity contribution in [3.63, 3.8) is 0 Å². The molecule has 1 heterocycles. The summed E-state index contributed by atoms with van der Waals surface area (Å²) in [5, 5.41) is 5.82. The van der Waals surface area contributed by atoms with Crippen LogP contribution >= 0.6 is 0 Å². The van der Waals surface area contributed by atoms with Crippen molar-refractivity contribution >= 4 is 75.8 Å². The molecule has 0 N–H and O–H groups in total. The second-order valence-electron chi connectivity index (χ2n) is 12.6. The van der Waals surface area contributed by atoms with Crippen molar-refractivity contribution in [2.75, 3.05) is 0 Å². The van der Waals surface area contributed by atoms with Gasteiger partial charge in [-0.05, 0) is 118 Å². The van der Waals surface area contributed by atoms with Gasteiger partial charge < -0.3 is 4.42 Å². The van der Waals surface area contributed by atoms with Crippen LogP contribution in [0.1, 0.15) is 17.8 Å². The molecule has 11 rings (SSSR count). The first-order valence-electron chi connectivity index (χ1n) is 23.0. The Kier molecular flexibility index (Phi) is 3.92. The van der Waals surface area contributed by atoms with Crippen LogP contribution in [0.5, 0.6) is 0 Å². The zero-order chi connectivity index (χ0) is 44.8. The zero-order valence-electron chi connectivity index (χ0n) is 39.7. The third-order valence-electron chi connectivity index (χ3n) is 9.81. The van der Waals surface area contributed by atoms with Gasteiger partial charge in [0.25, 0.3) is 0 Å². The molecule has 0 aliphatic heterocycles. The maximum Gasteiger partial charge on any atom is 0.136 e. The highest BCUT2D eigenvalue weighted by atomic mass is 16.3. The van der Waals surface area contributed by atoms with Gasteiger partial charge in [0.15, 0.2) is 0 Å². The van der Waals surface area contributed by atoms with E-state index in [-0.39, 0.29) is 33.2 Å². The summed E-state index contributed by atoms with van der Waals surface area (Å²) >= 11 is 0. The van der Waals surface area contributed by atoms with Gasteiger partial charge in [0.2, 0.25) is 0 Å². The summed E-state index contributed by atoms with van der Waals surface area (Å²) in [5.41, 5.74) is 2.65. The van der Waals surface area contributed by atoms with Crippen LogP contribution in [0.2, 0.25) is 0 Å². The lowest BCUT2D eigenvalue weighted by Crippen LogP contribution is -1.93. The number of benzene rings is 10. The van der Waals surface area contributed by atoms with Gasteiger partial charge in [-0.1, -0.05) is 151 Å². The lowest BCUT2D eigenvalue weighted by atomic mass is 9.83. The number of fused-ring (bicyclic) bond motifs is 9. The molecule has 0 aliphatic carbocycles. The molecule has 10 aromatic carbocycles. The molecule has 0 saturated carbocycles. The molecule has 11 aromatic rings. The summed E-state index contributed by atoms with van der Waals surface area (Å²) in [5.74, 6) is 0. The van der Waals surface area contributed by atoms with E-state index >= 15 is 0 Å². The molecule has 1 nitrogen and oxygen atoms in total. The summed E-state index contributed by atoms with van der Waals surface area (Å²) in [6.45, 7) is 0. The fourth-order valence-electron chi connectivity index (χ4n) is 7.66. The van der Waals surface area contributed by atoms with E-state index in [1.165, 1.54) is 0 Å². The van der Waals surface area contributed by atoms with Crippen LogP contribution in [0.15, 0.2) is 186 Å². The molecule has 0 radical (unpaired) electrons. The van der Waals surface area contributed by atoms with Gasteiger partial charge in [-0.3, -0.25) is 0 Å². The highest BCUT2D eigenvalue weighted by Gasteiger charge is 2.22. The van der Waals surface area contributed by atoms with E-state index in [4.69, 9.17) is 15.4 Å². The average molecular weight is 660 g/mol. The number of hydrogen-bond acceptors (Lipinski definition) is 1. The van der Waals surface area contributed by atoms with E-state index in [2.05, 4.69) is 12.1 Å². The summed E-state index contributed by atoms with van der Waals surface area (Å²) in [7, 11) is 0. The van der Waals surface area contributed by atoms with Crippen molar-refractivity contribution in [2.45, 2.75) is 0 Å². The Hall–Kier alpha value is -6.70. The predicted octanol–water partition coefficient (Wildman–Crippen LogP) is 14.4. The van der Waals surface area contributed by atoms with Gasteiger partial charge in [0, 0.05) is 10.8 Å². The minimum atomic E-state index is -0.708. The molecule has 0 saturated heterocycles. The Bertz CT molecular complexity index is 3860. The van der Waals surface area contributed by atoms with Crippen LogP contribution in [-0.4, -0.2) is 0 Å². The fraction of sp³-hybridized carbons (Fsp3) is 0. The number of rotatable bonds is 3. The maximum atomic E-state index is 9.98. The lowest BCUT2D eigenvalue weighted by Gasteiger charge is -2.20. The summed E-state index contributed by atoms with van der Waals surface area (Å²) in [6, 6.07) is 25.3. The van der Waals surface area contributed by atoms with E-state index in [9.17, 15) is 6.85 Å². The highest BCUT2D eigenvalue weighted by molar-refractivity contribution is 6.28. The first kappa shape index (κ1) is 18.3. The van der Waals surface area contributed by atoms with Gasteiger partial charge in [0.1, 0.15) is 11.2 Å². The van der Waals surface area contributed by atoms with Gasteiger partial charge >= 0.3 is 0 Å². The number of hydrogen-bond donors (Lipinski definition) is 0. The molecule has 0 bridgehead atoms. The second-order valence-corrected chi connectivity index (χ2v) is 12.6. The van der Waals surface area contributed by atoms with Crippen molar-refractivity contribution in [1.29, 1.82) is 0 Å². The van der Waals surface area contributed by atoms with Gasteiger partial charge in [-0.15, -0.1) is 0 Å². The van der Waals surface area contributed by atoms with Crippen LogP contribution in [0.25, 0.3) is 109 Å². The van der Waals surface area contributed by atoms with Crippen LogP contribution in [0, 0.1) is 0 Å². The molecule has 0 atom stereocenters. The third kappa shape index (κ3) is 4.22.